The molecule has 0 aliphatic rings. The van der Waals surface area contributed by atoms with E-state index in [1.165, 1.54) is 11.3 Å². The zero-order valence-electron chi connectivity index (χ0n) is 20.7. The third-order valence-electron chi connectivity index (χ3n) is 5.99. The minimum atomic E-state index is -3.72. The quantitative estimate of drug-likeness (QED) is 0.187. The zero-order valence-corrected chi connectivity index (χ0v) is 22.4. The Labute approximate surface area is 230 Å². The first-order valence-electron chi connectivity index (χ1n) is 12.2. The molecule has 0 saturated carbocycles. The average Bonchev–Trinajstić information content (AvgIpc) is 3.51. The van der Waals surface area contributed by atoms with Gasteiger partial charge in [0.1, 0.15) is 5.70 Å². The second-order valence-electron chi connectivity index (χ2n) is 8.48. The highest BCUT2D eigenvalue weighted by molar-refractivity contribution is 7.87. The molecule has 2 N–H and O–H groups in total. The molecule has 2 amide bonds. The van der Waals surface area contributed by atoms with Crippen molar-refractivity contribution in [2.45, 2.75) is 0 Å². The number of hydrogen-bond acceptors (Lipinski definition) is 5. The van der Waals surface area contributed by atoms with Crippen LogP contribution < -0.4 is 21.2 Å². The third kappa shape index (κ3) is 5.65. The highest BCUT2D eigenvalue weighted by atomic mass is 32.1. The Morgan fingerprint density at radius 1 is 0.667 bits per heavy atom. The lowest BCUT2D eigenvalue weighted by Crippen LogP contribution is -2.33. The number of nitrogens with zero attached hydrogens (tertiary/aromatic N) is 1. The Morgan fingerprint density at radius 2 is 1.15 bits per heavy atom. The lowest BCUT2D eigenvalue weighted by atomic mass is 10.1. The van der Waals surface area contributed by atoms with E-state index in [9.17, 15) is 9.59 Å². The molecule has 5 rings (SSSR count). The summed E-state index contributed by atoms with van der Waals surface area (Å²) in [5.41, 5.74) is 0.797. The van der Waals surface area contributed by atoms with Crippen LogP contribution >= 0.6 is 18.5 Å². The molecule has 4 aromatic carbocycles. The number of benzene rings is 4. The molecule has 0 saturated heterocycles. The third-order valence-corrected chi connectivity index (χ3v) is 9.84. The molecule has 0 bridgehead atoms. The number of aromatic nitrogens is 1. The van der Waals surface area contributed by atoms with Crippen LogP contribution in [0.15, 0.2) is 139 Å². The van der Waals surface area contributed by atoms with Crippen molar-refractivity contribution in [2.75, 3.05) is 5.32 Å². The first kappa shape index (κ1) is 26.0. The van der Waals surface area contributed by atoms with Gasteiger partial charge in [0.05, 0.1) is 5.31 Å². The lowest BCUT2D eigenvalue weighted by Gasteiger charge is -2.26. The van der Waals surface area contributed by atoms with Crippen LogP contribution in [-0.2, 0) is 9.36 Å². The summed E-state index contributed by atoms with van der Waals surface area (Å²) < 4.78 is 15.6. The molecule has 39 heavy (non-hydrogen) atoms. The second-order valence-corrected chi connectivity index (χ2v) is 12.1. The standard InChI is InChI=1S/C31H24N3O3PS/c35-29(24-15-7-2-8-16-24)33-27(30(36)34-31-32-21-22-39-31)28(23-13-5-1-6-14-23)38(37,25-17-9-3-10-18-25)26-19-11-4-12-20-26/h1-22H,(H,33,35)(H,32,34,36)/b28-27-. The van der Waals surface area contributed by atoms with Crippen LogP contribution in [0.4, 0.5) is 5.13 Å². The summed E-state index contributed by atoms with van der Waals surface area (Å²) in [5, 5.41) is 8.97. The van der Waals surface area contributed by atoms with Crippen LogP contribution in [0.5, 0.6) is 0 Å². The highest BCUT2D eigenvalue weighted by Gasteiger charge is 2.38. The van der Waals surface area contributed by atoms with Crippen molar-refractivity contribution in [3.63, 3.8) is 0 Å². The average molecular weight is 550 g/mol. The van der Waals surface area contributed by atoms with Gasteiger partial charge in [0.2, 0.25) is 0 Å². The second kappa shape index (κ2) is 11.9. The molecule has 0 spiro atoms. The molecule has 192 valence electrons. The fourth-order valence-electron chi connectivity index (χ4n) is 4.21. The van der Waals surface area contributed by atoms with Gasteiger partial charge in [-0.1, -0.05) is 109 Å². The van der Waals surface area contributed by atoms with E-state index in [1.54, 1.807) is 78.3 Å². The van der Waals surface area contributed by atoms with Crippen molar-refractivity contribution in [3.8, 4) is 0 Å². The summed E-state index contributed by atoms with van der Waals surface area (Å²) in [5.74, 6) is -1.12. The molecule has 1 aromatic heterocycles. The van der Waals surface area contributed by atoms with E-state index in [-0.39, 0.29) is 11.0 Å². The fourth-order valence-corrected chi connectivity index (χ4v) is 7.71. The van der Waals surface area contributed by atoms with Gasteiger partial charge >= 0.3 is 0 Å². The van der Waals surface area contributed by atoms with E-state index in [0.29, 0.717) is 26.9 Å². The SMILES string of the molecule is O=C(Nc1nccs1)/C(NC(=O)c1ccccc1)=C(\c1ccccc1)P(=O)(c1ccccc1)c1ccccc1. The van der Waals surface area contributed by atoms with Crippen molar-refractivity contribution < 1.29 is 14.2 Å². The number of nitrogens with one attached hydrogen (secondary N) is 2. The molecule has 0 radical (unpaired) electrons. The van der Waals surface area contributed by atoms with Gasteiger partial charge in [-0.25, -0.2) is 4.98 Å². The number of carbonyl (C=O) groups is 2. The van der Waals surface area contributed by atoms with Crippen molar-refractivity contribution in [2.24, 2.45) is 0 Å². The number of rotatable bonds is 8. The summed E-state index contributed by atoms with van der Waals surface area (Å²) in [6.45, 7) is 0. The van der Waals surface area contributed by atoms with Crippen LogP contribution in [-0.4, -0.2) is 16.8 Å². The first-order chi connectivity index (χ1) is 19.1. The summed E-state index contributed by atoms with van der Waals surface area (Å²) in [4.78, 5) is 31.6. The van der Waals surface area contributed by atoms with E-state index >= 15 is 4.57 Å². The Morgan fingerprint density at radius 3 is 1.64 bits per heavy atom. The zero-order chi connectivity index (χ0) is 27.1. The Hall–Kier alpha value is -4.58. The van der Waals surface area contributed by atoms with Gasteiger partial charge in [-0.05, 0) is 17.7 Å². The van der Waals surface area contributed by atoms with Crippen LogP contribution in [0, 0.1) is 0 Å². The fraction of sp³-hybridized carbons (Fsp3) is 0. The summed E-state index contributed by atoms with van der Waals surface area (Å²) >= 11 is 1.24. The van der Waals surface area contributed by atoms with Crippen LogP contribution in [0.3, 0.4) is 0 Å². The first-order valence-corrected chi connectivity index (χ1v) is 14.7. The molecule has 6 nitrogen and oxygen atoms in total. The van der Waals surface area contributed by atoms with Crippen LogP contribution in [0.25, 0.3) is 5.31 Å². The Bertz CT molecular complexity index is 1600. The molecule has 0 aliphatic heterocycles. The van der Waals surface area contributed by atoms with Crippen LogP contribution in [0.1, 0.15) is 15.9 Å². The number of carbonyl (C=O) groups excluding carboxylic acids is 2. The van der Waals surface area contributed by atoms with Gasteiger partial charge in [-0.15, -0.1) is 11.3 Å². The Balaban J connectivity index is 1.82. The maximum atomic E-state index is 15.6. The van der Waals surface area contributed by atoms with E-state index in [1.807, 2.05) is 54.6 Å². The largest absolute Gasteiger partial charge is 0.317 e. The normalized spacial score (nSPS) is 11.8. The molecule has 5 aromatic rings. The van der Waals surface area contributed by atoms with E-state index in [2.05, 4.69) is 15.6 Å². The number of amides is 2. The number of anilines is 1. The van der Waals surface area contributed by atoms with Gasteiger partial charge in [0, 0.05) is 27.7 Å². The summed E-state index contributed by atoms with van der Waals surface area (Å²) in [6.07, 6.45) is 1.57. The monoisotopic (exact) mass is 549 g/mol. The van der Waals surface area contributed by atoms with E-state index in [4.69, 9.17) is 0 Å². The predicted molar refractivity (Wildman–Crippen MR) is 158 cm³/mol. The topological polar surface area (TPSA) is 88.2 Å². The molecule has 1 heterocycles. The summed E-state index contributed by atoms with van der Waals surface area (Å²) in [7, 11) is -3.72. The maximum absolute atomic E-state index is 15.6. The molecule has 0 aliphatic carbocycles. The highest BCUT2D eigenvalue weighted by Crippen LogP contribution is 2.57. The summed E-state index contributed by atoms with van der Waals surface area (Å²) in [6, 6.07) is 35.7. The lowest BCUT2D eigenvalue weighted by molar-refractivity contribution is -0.113. The van der Waals surface area contributed by atoms with Crippen molar-refractivity contribution >= 4 is 51.3 Å². The van der Waals surface area contributed by atoms with E-state index < -0.39 is 19.0 Å². The van der Waals surface area contributed by atoms with Crippen molar-refractivity contribution in [3.05, 3.63) is 150 Å². The smallest absolute Gasteiger partial charge is 0.274 e. The van der Waals surface area contributed by atoms with E-state index in [0.717, 1.165) is 0 Å². The minimum Gasteiger partial charge on any atom is -0.317 e. The predicted octanol–water partition coefficient (Wildman–Crippen LogP) is 5.89. The van der Waals surface area contributed by atoms with Gasteiger partial charge in [-0.2, -0.15) is 0 Å². The molecular weight excluding hydrogens is 525 g/mol. The van der Waals surface area contributed by atoms with Crippen molar-refractivity contribution in [1.82, 2.24) is 10.3 Å². The molecular formula is C31H24N3O3PS. The number of thiazole rings is 1. The number of hydrogen-bond donors (Lipinski definition) is 2. The Kier molecular flexibility index (Phi) is 7.92. The van der Waals surface area contributed by atoms with Crippen LogP contribution in [0.2, 0.25) is 0 Å². The van der Waals surface area contributed by atoms with Gasteiger partial charge in [-0.3, -0.25) is 14.9 Å². The maximum Gasteiger partial charge on any atom is 0.274 e. The van der Waals surface area contributed by atoms with Gasteiger partial charge < -0.3 is 9.88 Å². The molecule has 8 heteroatoms. The molecule has 0 fully saturated rings. The molecule has 0 unspecified atom stereocenters. The van der Waals surface area contributed by atoms with Crippen molar-refractivity contribution in [1.29, 1.82) is 0 Å². The molecule has 0 atom stereocenters. The van der Waals surface area contributed by atoms with Gasteiger partial charge in [0.15, 0.2) is 12.3 Å². The minimum absolute atomic E-state index is 0.110. The van der Waals surface area contributed by atoms with Gasteiger partial charge in [0.25, 0.3) is 11.8 Å².